The monoisotopic (exact) mass is 572 g/mol. The Morgan fingerprint density at radius 1 is 0.650 bits per heavy atom. The minimum Gasteiger partial charge on any atom is -0.426 e. The van der Waals surface area contributed by atoms with Crippen LogP contribution in [-0.2, 0) is 0 Å². The van der Waals surface area contributed by atoms with Crippen LogP contribution in [0, 0.1) is 0 Å². The van der Waals surface area contributed by atoms with Crippen LogP contribution in [0.4, 0.5) is 44.7 Å². The summed E-state index contributed by atoms with van der Waals surface area (Å²) in [5, 5.41) is 7.17. The average molecular weight is 573 g/mol. The number of hydrogen-bond acceptors (Lipinski definition) is 5. The van der Waals surface area contributed by atoms with E-state index >= 15 is 0 Å². The molecule has 0 aliphatic carbocycles. The highest BCUT2D eigenvalue weighted by atomic mass is 35.5. The molecule has 1 heterocycles. The molecule has 206 valence electrons. The molecular formula is C29H22ClF5N4O. The van der Waals surface area contributed by atoms with Crippen molar-refractivity contribution in [3.8, 4) is 5.75 Å². The molecule has 0 amide bonds. The Bertz CT molecular complexity index is 1660. The molecule has 40 heavy (non-hydrogen) atoms. The van der Waals surface area contributed by atoms with Gasteiger partial charge in [-0.1, -0.05) is 48.5 Å². The quantitative estimate of drug-likeness (QED) is 0.150. The van der Waals surface area contributed by atoms with Gasteiger partial charge in [0.15, 0.2) is 0 Å². The summed E-state index contributed by atoms with van der Waals surface area (Å²) in [5.41, 5.74) is 15.1. The lowest BCUT2D eigenvalue weighted by Gasteiger charge is -2.21. The van der Waals surface area contributed by atoms with Gasteiger partial charge in [-0.3, -0.25) is 0 Å². The van der Waals surface area contributed by atoms with E-state index in [1.807, 2.05) is 72.8 Å². The molecule has 0 fully saturated rings. The van der Waals surface area contributed by atoms with Crippen molar-refractivity contribution >= 4 is 62.5 Å². The average Bonchev–Trinajstić information content (AvgIpc) is 2.89. The maximum atomic E-state index is 13.0. The normalized spacial score (nSPS) is 12.5. The van der Waals surface area contributed by atoms with E-state index in [1.54, 1.807) is 0 Å². The summed E-state index contributed by atoms with van der Waals surface area (Å²) in [5.74, 6) is -0.143. The highest BCUT2D eigenvalue weighted by Gasteiger charge is 2.61. The van der Waals surface area contributed by atoms with Gasteiger partial charge in [0.1, 0.15) is 11.6 Å². The van der Waals surface area contributed by atoms with Crippen molar-refractivity contribution in [1.29, 1.82) is 0 Å². The number of alkyl halides is 5. The first kappa shape index (κ1) is 28.4. The number of aliphatic imine (C=N–C) groups is 1. The SMILES string of the molecule is Cl.FC(F)(F)C(F)(F)Oc1ccc(C2=Nc3cccc4cccc(c34)N2)cc1.Nc1cccc2cccc(N)c12. The molecule has 0 saturated heterocycles. The van der Waals surface area contributed by atoms with E-state index in [2.05, 4.69) is 15.0 Å². The number of nitrogens with two attached hydrogens (primary N) is 2. The molecule has 11 heteroatoms. The van der Waals surface area contributed by atoms with Gasteiger partial charge >= 0.3 is 12.3 Å². The highest BCUT2D eigenvalue weighted by molar-refractivity contribution is 6.19. The number of nitrogen functional groups attached to an aromatic ring is 2. The summed E-state index contributed by atoms with van der Waals surface area (Å²) in [6, 6.07) is 27.8. The lowest BCUT2D eigenvalue weighted by Crippen LogP contribution is -2.41. The molecule has 6 rings (SSSR count). The molecule has 0 radical (unpaired) electrons. The topological polar surface area (TPSA) is 85.7 Å². The molecular weight excluding hydrogens is 551 g/mol. The standard InChI is InChI=1S/C19H11F5N2O.C10H10N2.ClH/c20-18(21,22)19(23,24)27-13-9-7-12(8-10-13)17-25-14-5-1-3-11-4-2-6-15(26-17)16(11)14;11-8-5-1-3-7-4-2-6-9(12)10(7)8;/h1-10H,(H,25,26);1-6H,11-12H2;1H. The zero-order valence-corrected chi connectivity index (χ0v) is 21.4. The molecule has 5 aromatic rings. The second-order valence-electron chi connectivity index (χ2n) is 8.70. The van der Waals surface area contributed by atoms with Gasteiger partial charge in [-0.05, 0) is 59.3 Å². The van der Waals surface area contributed by atoms with Crippen LogP contribution in [0.3, 0.4) is 0 Å². The number of hydrogen-bond donors (Lipinski definition) is 3. The van der Waals surface area contributed by atoms with E-state index in [-0.39, 0.29) is 12.4 Å². The van der Waals surface area contributed by atoms with Crippen molar-refractivity contribution in [1.82, 2.24) is 0 Å². The maximum absolute atomic E-state index is 13.0. The fraction of sp³-hybridized carbons (Fsp3) is 0.0690. The fourth-order valence-corrected chi connectivity index (χ4v) is 4.22. The minimum absolute atomic E-state index is 0. The third-order valence-electron chi connectivity index (χ3n) is 6.04. The fourth-order valence-electron chi connectivity index (χ4n) is 4.22. The van der Waals surface area contributed by atoms with Gasteiger partial charge < -0.3 is 21.5 Å². The van der Waals surface area contributed by atoms with E-state index < -0.39 is 18.0 Å². The van der Waals surface area contributed by atoms with Crippen LogP contribution in [-0.4, -0.2) is 18.1 Å². The first-order chi connectivity index (χ1) is 18.5. The van der Waals surface area contributed by atoms with Crippen LogP contribution in [0.15, 0.2) is 102 Å². The smallest absolute Gasteiger partial charge is 0.426 e. The predicted molar refractivity (Wildman–Crippen MR) is 152 cm³/mol. The molecule has 0 atom stereocenters. The minimum atomic E-state index is -5.79. The van der Waals surface area contributed by atoms with E-state index in [1.165, 1.54) is 12.1 Å². The van der Waals surface area contributed by atoms with Crippen molar-refractivity contribution < 1.29 is 26.7 Å². The Morgan fingerprint density at radius 3 is 1.73 bits per heavy atom. The molecule has 0 bridgehead atoms. The molecule has 5 nitrogen and oxygen atoms in total. The van der Waals surface area contributed by atoms with E-state index in [4.69, 9.17) is 11.5 Å². The number of ether oxygens (including phenoxy) is 1. The van der Waals surface area contributed by atoms with Gasteiger partial charge in [-0.2, -0.15) is 22.0 Å². The van der Waals surface area contributed by atoms with Crippen molar-refractivity contribution in [2.24, 2.45) is 4.99 Å². The summed E-state index contributed by atoms with van der Waals surface area (Å²) in [7, 11) is 0. The Balaban J connectivity index is 0.000000238. The summed E-state index contributed by atoms with van der Waals surface area (Å²) in [6.45, 7) is 0. The number of nitrogens with zero attached hydrogens (tertiary/aromatic N) is 1. The Hall–Kier alpha value is -4.57. The summed E-state index contributed by atoms with van der Waals surface area (Å²) in [6.07, 6.45) is -11.0. The molecule has 0 aromatic heterocycles. The summed E-state index contributed by atoms with van der Waals surface area (Å²) >= 11 is 0. The zero-order valence-electron chi connectivity index (χ0n) is 20.5. The molecule has 1 aliphatic heterocycles. The first-order valence-corrected chi connectivity index (χ1v) is 11.7. The van der Waals surface area contributed by atoms with Crippen LogP contribution in [0.5, 0.6) is 5.75 Å². The van der Waals surface area contributed by atoms with E-state index in [0.717, 1.165) is 56.4 Å². The van der Waals surface area contributed by atoms with E-state index in [9.17, 15) is 22.0 Å². The predicted octanol–water partition coefficient (Wildman–Crippen LogP) is 8.30. The number of rotatable bonds is 3. The van der Waals surface area contributed by atoms with Gasteiger partial charge in [-0.25, -0.2) is 4.99 Å². The highest BCUT2D eigenvalue weighted by Crippen LogP contribution is 2.38. The molecule has 5 aromatic carbocycles. The second-order valence-corrected chi connectivity index (χ2v) is 8.70. The third kappa shape index (κ3) is 5.57. The van der Waals surface area contributed by atoms with Gasteiger partial charge in [-0.15, -0.1) is 12.4 Å². The zero-order chi connectivity index (χ0) is 27.8. The largest absolute Gasteiger partial charge is 0.499 e. The molecule has 0 unspecified atom stereocenters. The van der Waals surface area contributed by atoms with Crippen LogP contribution < -0.4 is 21.5 Å². The lowest BCUT2D eigenvalue weighted by atomic mass is 10.0. The van der Waals surface area contributed by atoms with Crippen molar-refractivity contribution in [3.05, 3.63) is 103 Å². The number of nitrogens with one attached hydrogen (secondary N) is 1. The molecule has 0 saturated carbocycles. The summed E-state index contributed by atoms with van der Waals surface area (Å²) < 4.78 is 66.5. The second kappa shape index (κ2) is 10.9. The maximum Gasteiger partial charge on any atom is 0.499 e. The number of anilines is 3. The first-order valence-electron chi connectivity index (χ1n) is 11.7. The number of amidine groups is 1. The van der Waals surface area contributed by atoms with Crippen molar-refractivity contribution in [3.63, 3.8) is 0 Å². The van der Waals surface area contributed by atoms with Crippen molar-refractivity contribution in [2.45, 2.75) is 12.3 Å². The number of fused-ring (bicyclic) bond motifs is 1. The molecule has 0 spiro atoms. The molecule has 1 aliphatic rings. The lowest BCUT2D eigenvalue weighted by molar-refractivity contribution is -0.360. The van der Waals surface area contributed by atoms with E-state index in [0.29, 0.717) is 11.4 Å². The van der Waals surface area contributed by atoms with Gasteiger partial charge in [0, 0.05) is 33.4 Å². The van der Waals surface area contributed by atoms with Crippen LogP contribution in [0.2, 0.25) is 0 Å². The Morgan fingerprint density at radius 2 is 1.18 bits per heavy atom. The van der Waals surface area contributed by atoms with Crippen LogP contribution in [0.25, 0.3) is 21.5 Å². The summed E-state index contributed by atoms with van der Waals surface area (Å²) in [4.78, 5) is 4.51. The van der Waals surface area contributed by atoms with Gasteiger partial charge in [0.05, 0.1) is 5.69 Å². The third-order valence-corrected chi connectivity index (χ3v) is 6.04. The van der Waals surface area contributed by atoms with Gasteiger partial charge in [0.2, 0.25) is 0 Å². The Kier molecular flexibility index (Phi) is 7.75. The van der Waals surface area contributed by atoms with Crippen LogP contribution in [0.1, 0.15) is 5.56 Å². The number of halogens is 6. The van der Waals surface area contributed by atoms with Gasteiger partial charge in [0.25, 0.3) is 0 Å². The number of benzene rings is 5. The molecule has 5 N–H and O–H groups in total. The van der Waals surface area contributed by atoms with Crippen LogP contribution >= 0.6 is 12.4 Å². The van der Waals surface area contributed by atoms with Crippen molar-refractivity contribution in [2.75, 3.05) is 16.8 Å². The Labute approximate surface area is 231 Å².